The topological polar surface area (TPSA) is 133 Å². The third kappa shape index (κ3) is 10.6. The fraction of sp³-hybridized carbons (Fsp3) is 0.273. The SMILES string of the molecule is O=C(O)CCCC(=O)Nc1ccc([Se][Se]c2ccc(NC(=O)CCCC(=O)O)cc2)cc1. The second-order valence-corrected chi connectivity index (χ2v) is 13.1. The third-order valence-electron chi connectivity index (χ3n) is 4.10. The summed E-state index contributed by atoms with van der Waals surface area (Å²) in [6.45, 7) is 0. The molecule has 8 nitrogen and oxygen atoms in total. The molecule has 0 aliphatic heterocycles. The number of carboxylic acid groups (broad SMARTS) is 2. The summed E-state index contributed by atoms with van der Waals surface area (Å²) in [7, 11) is 0. The molecule has 0 heterocycles. The van der Waals surface area contributed by atoms with Gasteiger partial charge in [-0.25, -0.2) is 0 Å². The van der Waals surface area contributed by atoms with Crippen molar-refractivity contribution in [2.45, 2.75) is 38.5 Å². The van der Waals surface area contributed by atoms with Gasteiger partial charge in [-0.1, -0.05) is 0 Å². The van der Waals surface area contributed by atoms with E-state index in [1.807, 2.05) is 48.5 Å². The molecule has 2 aromatic rings. The number of anilines is 2. The minimum absolute atomic E-state index is 0.0168. The van der Waals surface area contributed by atoms with Gasteiger partial charge in [0, 0.05) is 0 Å². The first-order valence-corrected chi connectivity index (χ1v) is 15.9. The van der Waals surface area contributed by atoms with Crippen molar-refractivity contribution in [3.05, 3.63) is 48.5 Å². The van der Waals surface area contributed by atoms with Crippen LogP contribution in [0.15, 0.2) is 48.5 Å². The summed E-state index contributed by atoms with van der Waals surface area (Å²) in [5, 5.41) is 22.8. The van der Waals surface area contributed by atoms with E-state index in [0.29, 0.717) is 24.2 Å². The molecule has 2 aromatic carbocycles. The molecule has 0 radical (unpaired) electrons. The number of rotatable bonds is 13. The number of benzene rings is 2. The van der Waals surface area contributed by atoms with E-state index >= 15 is 0 Å². The maximum absolute atomic E-state index is 11.8. The normalized spacial score (nSPS) is 10.4. The number of amides is 2. The first kappa shape index (κ1) is 25.6. The van der Waals surface area contributed by atoms with Crippen LogP contribution in [0, 0.1) is 0 Å². The molecule has 0 fully saturated rings. The molecular weight excluding hydrogens is 546 g/mol. The van der Waals surface area contributed by atoms with Crippen molar-refractivity contribution in [3.63, 3.8) is 0 Å². The summed E-state index contributed by atoms with van der Waals surface area (Å²) < 4.78 is 2.41. The molecule has 0 bridgehead atoms. The number of aliphatic carboxylic acids is 2. The zero-order valence-electron chi connectivity index (χ0n) is 17.2. The average molecular weight is 570 g/mol. The summed E-state index contributed by atoms with van der Waals surface area (Å²) >= 11 is 0.525. The molecule has 0 atom stereocenters. The Hall–Kier alpha value is -2.64. The number of nitrogens with one attached hydrogen (secondary N) is 2. The predicted octanol–water partition coefficient (Wildman–Crippen LogP) is 1.35. The van der Waals surface area contributed by atoms with Crippen LogP contribution in [0.25, 0.3) is 0 Å². The second kappa shape index (κ2) is 13.7. The molecule has 0 spiro atoms. The Labute approximate surface area is 197 Å². The van der Waals surface area contributed by atoms with Crippen LogP contribution in [-0.2, 0) is 19.2 Å². The van der Waals surface area contributed by atoms with Crippen molar-refractivity contribution in [1.29, 1.82) is 0 Å². The molecule has 4 N–H and O–H groups in total. The van der Waals surface area contributed by atoms with Gasteiger partial charge in [0.2, 0.25) is 0 Å². The van der Waals surface area contributed by atoms with Crippen LogP contribution in [-0.4, -0.2) is 60.2 Å². The molecule has 0 aliphatic rings. The van der Waals surface area contributed by atoms with Crippen LogP contribution in [0.4, 0.5) is 11.4 Å². The van der Waals surface area contributed by atoms with Gasteiger partial charge in [0.25, 0.3) is 0 Å². The molecule has 2 rings (SSSR count). The molecule has 2 amide bonds. The van der Waals surface area contributed by atoms with Crippen molar-refractivity contribution in [3.8, 4) is 0 Å². The van der Waals surface area contributed by atoms with Gasteiger partial charge in [0.15, 0.2) is 0 Å². The minimum atomic E-state index is -0.904. The van der Waals surface area contributed by atoms with Gasteiger partial charge in [-0.2, -0.15) is 0 Å². The molecule has 0 aliphatic carbocycles. The fourth-order valence-corrected chi connectivity index (χ4v) is 8.49. The van der Waals surface area contributed by atoms with Crippen LogP contribution in [0.3, 0.4) is 0 Å². The van der Waals surface area contributed by atoms with Gasteiger partial charge < -0.3 is 0 Å². The van der Waals surface area contributed by atoms with Crippen LogP contribution in [0.2, 0.25) is 0 Å². The summed E-state index contributed by atoms with van der Waals surface area (Å²) in [5.74, 6) is -2.19. The van der Waals surface area contributed by atoms with Crippen molar-refractivity contribution < 1.29 is 29.4 Å². The van der Waals surface area contributed by atoms with E-state index in [4.69, 9.17) is 10.2 Å². The molecule has 10 heteroatoms. The standard InChI is InChI=1S/C22H24N2O6Se2/c25-19(3-1-5-21(27)28)23-15-7-11-17(12-8-15)31-32-18-13-9-16(10-14-18)24-20(26)4-2-6-22(29)30/h7-14H,1-6H2,(H,23,25)(H,24,26)(H,27,28)(H,29,30). The van der Waals surface area contributed by atoms with Crippen molar-refractivity contribution in [1.82, 2.24) is 0 Å². The molecule has 0 saturated heterocycles. The van der Waals surface area contributed by atoms with E-state index in [0.717, 1.165) is 0 Å². The van der Waals surface area contributed by atoms with Crippen LogP contribution < -0.4 is 19.6 Å². The summed E-state index contributed by atoms with van der Waals surface area (Å²) in [5.41, 5.74) is 1.39. The zero-order chi connectivity index (χ0) is 23.3. The number of hydrogen-bond acceptors (Lipinski definition) is 4. The predicted molar refractivity (Wildman–Crippen MR) is 124 cm³/mol. The number of carbonyl (C=O) groups is 4. The molecular formula is C22H24N2O6Se2. The van der Waals surface area contributed by atoms with Crippen LogP contribution >= 0.6 is 0 Å². The van der Waals surface area contributed by atoms with Gasteiger partial charge in [0.1, 0.15) is 0 Å². The molecule has 0 aromatic heterocycles. The Morgan fingerprint density at radius 1 is 0.594 bits per heavy atom. The Morgan fingerprint density at radius 2 is 0.938 bits per heavy atom. The second-order valence-electron chi connectivity index (χ2n) is 6.81. The monoisotopic (exact) mass is 572 g/mol. The summed E-state index contributed by atoms with van der Waals surface area (Å²) in [6.07, 6.45) is 0.962. The molecule has 0 saturated carbocycles. The Morgan fingerprint density at radius 3 is 1.25 bits per heavy atom. The van der Waals surface area contributed by atoms with Crippen LogP contribution in [0.1, 0.15) is 38.5 Å². The van der Waals surface area contributed by atoms with Gasteiger partial charge in [-0.05, 0) is 0 Å². The van der Waals surface area contributed by atoms with E-state index < -0.39 is 11.9 Å². The van der Waals surface area contributed by atoms with E-state index in [1.165, 1.54) is 8.92 Å². The molecule has 32 heavy (non-hydrogen) atoms. The Bertz CT molecular complexity index is 855. The number of hydrogen-bond donors (Lipinski definition) is 4. The zero-order valence-corrected chi connectivity index (χ0v) is 20.6. The number of carbonyl (C=O) groups excluding carboxylic acids is 2. The Kier molecular flexibility index (Phi) is 11.0. The van der Waals surface area contributed by atoms with E-state index in [-0.39, 0.29) is 63.8 Å². The first-order valence-electron chi connectivity index (χ1n) is 9.90. The van der Waals surface area contributed by atoms with Gasteiger partial charge in [-0.15, -0.1) is 0 Å². The molecule has 0 unspecified atom stereocenters. The Balaban J connectivity index is 1.74. The van der Waals surface area contributed by atoms with Crippen molar-refractivity contribution >= 4 is 70.3 Å². The third-order valence-corrected chi connectivity index (χ3v) is 11.3. The van der Waals surface area contributed by atoms with Gasteiger partial charge >= 0.3 is 197 Å². The van der Waals surface area contributed by atoms with E-state index in [2.05, 4.69) is 10.6 Å². The average Bonchev–Trinajstić information content (AvgIpc) is 2.73. The first-order chi connectivity index (χ1) is 15.3. The van der Waals surface area contributed by atoms with Crippen molar-refractivity contribution in [2.75, 3.05) is 10.6 Å². The van der Waals surface area contributed by atoms with Gasteiger partial charge in [-0.3, -0.25) is 0 Å². The van der Waals surface area contributed by atoms with Gasteiger partial charge in [0.05, 0.1) is 0 Å². The maximum atomic E-state index is 11.8. The van der Waals surface area contributed by atoms with E-state index in [9.17, 15) is 19.2 Å². The van der Waals surface area contributed by atoms with E-state index in [1.54, 1.807) is 0 Å². The summed E-state index contributed by atoms with van der Waals surface area (Å²) in [4.78, 5) is 44.6. The van der Waals surface area contributed by atoms with Crippen LogP contribution in [0.5, 0.6) is 0 Å². The summed E-state index contributed by atoms with van der Waals surface area (Å²) in [6, 6.07) is 15.4. The fourth-order valence-electron chi connectivity index (χ4n) is 2.53. The molecule has 170 valence electrons. The number of carboxylic acids is 2. The van der Waals surface area contributed by atoms with Crippen molar-refractivity contribution in [2.24, 2.45) is 0 Å². The quantitative estimate of drug-likeness (QED) is 0.269.